The number of piperidine rings is 2. The Balaban J connectivity index is 1.10. The van der Waals surface area contributed by atoms with E-state index in [0.29, 0.717) is 68.7 Å². The van der Waals surface area contributed by atoms with Gasteiger partial charge >= 0.3 is 12.1 Å². The van der Waals surface area contributed by atoms with Crippen molar-refractivity contribution in [2.24, 2.45) is 0 Å². The van der Waals surface area contributed by atoms with Crippen LogP contribution in [0.15, 0.2) is 23.6 Å². The summed E-state index contributed by atoms with van der Waals surface area (Å²) >= 11 is 8.15. The lowest BCUT2D eigenvalue weighted by Crippen LogP contribution is -2.57. The number of benzene rings is 1. The van der Waals surface area contributed by atoms with Crippen LogP contribution in [0.5, 0.6) is 0 Å². The number of fused-ring (bicyclic) bond motifs is 1. The number of amides is 5. The number of thiophene rings is 1. The lowest BCUT2D eigenvalue weighted by atomic mass is 9.98. The molecule has 4 N–H and O–H groups in total. The van der Waals surface area contributed by atoms with E-state index in [1.165, 1.54) is 6.42 Å². The maximum absolute atomic E-state index is 14.1. The van der Waals surface area contributed by atoms with Gasteiger partial charge in [0, 0.05) is 62.7 Å². The summed E-state index contributed by atoms with van der Waals surface area (Å²) in [5.74, 6) is -0.0509. The van der Waals surface area contributed by atoms with Gasteiger partial charge in [0.2, 0.25) is 5.91 Å². The largest absolute Gasteiger partial charge is 0.397 e. The second-order valence-corrected chi connectivity index (χ2v) is 14.9. The molecule has 0 spiro atoms. The molecule has 13 heteroatoms. The molecule has 0 radical (unpaired) electrons. The minimum atomic E-state index is -0.724. The fraction of sp³-hybridized carbons (Fsp3) is 0.618. The molecule has 1 aromatic heterocycles. The van der Waals surface area contributed by atoms with Crippen molar-refractivity contribution in [1.29, 1.82) is 0 Å². The van der Waals surface area contributed by atoms with Crippen LogP contribution >= 0.6 is 22.9 Å². The molecule has 3 fully saturated rings. The predicted molar refractivity (Wildman–Crippen MR) is 188 cm³/mol. The molecule has 0 bridgehead atoms. The molecule has 5 heterocycles. The first kappa shape index (κ1) is 33.8. The van der Waals surface area contributed by atoms with Crippen LogP contribution in [0.2, 0.25) is 5.02 Å². The van der Waals surface area contributed by atoms with E-state index < -0.39 is 6.04 Å². The summed E-state index contributed by atoms with van der Waals surface area (Å²) in [6.07, 6.45) is 5.49. The van der Waals surface area contributed by atoms with Crippen molar-refractivity contribution in [3.63, 3.8) is 0 Å². The van der Waals surface area contributed by atoms with Crippen LogP contribution in [0.1, 0.15) is 55.0 Å². The lowest BCUT2D eigenvalue weighted by molar-refractivity contribution is -0.134. The minimum Gasteiger partial charge on any atom is -0.397 e. The fourth-order valence-electron chi connectivity index (χ4n) is 7.59. The van der Waals surface area contributed by atoms with E-state index in [4.69, 9.17) is 17.3 Å². The number of rotatable bonds is 7. The SMILES string of the molecule is CCc1cc(C[C@@H](NC(=O)N2CCC(N3Cc4sccc4NC3=O)CC2)C(=O)N2CCC(N3CCCN(C)CC3)CC2)cc(Cl)c1N. The second kappa shape index (κ2) is 15.0. The molecule has 5 amide bonds. The minimum absolute atomic E-state index is 0.0509. The maximum atomic E-state index is 14.1. The highest BCUT2D eigenvalue weighted by Crippen LogP contribution is 2.32. The highest BCUT2D eigenvalue weighted by Gasteiger charge is 2.36. The third-order valence-electron chi connectivity index (χ3n) is 10.5. The molecule has 6 rings (SSSR count). The molecule has 4 aliphatic rings. The van der Waals surface area contributed by atoms with Crippen molar-refractivity contribution in [3.8, 4) is 0 Å². The fourth-order valence-corrected chi connectivity index (χ4v) is 8.68. The third kappa shape index (κ3) is 7.82. The van der Waals surface area contributed by atoms with Gasteiger partial charge in [0.05, 0.1) is 22.9 Å². The van der Waals surface area contributed by atoms with Crippen molar-refractivity contribution in [1.82, 2.24) is 29.8 Å². The number of anilines is 2. The molecule has 256 valence electrons. The Kier molecular flexibility index (Phi) is 10.8. The number of hydrogen-bond donors (Lipinski definition) is 3. The molecule has 1 atom stereocenters. The summed E-state index contributed by atoms with van der Waals surface area (Å²) < 4.78 is 0. The molecular weight excluding hydrogens is 636 g/mol. The van der Waals surface area contributed by atoms with E-state index in [1.54, 1.807) is 16.2 Å². The molecule has 47 heavy (non-hydrogen) atoms. The van der Waals surface area contributed by atoms with Gasteiger partial charge in [-0.2, -0.15) is 0 Å². The summed E-state index contributed by atoms with van der Waals surface area (Å²) in [7, 11) is 2.19. The molecular formula is C34H49ClN8O3S. The Morgan fingerprint density at radius 1 is 1.02 bits per heavy atom. The molecule has 0 saturated carbocycles. The number of nitrogens with two attached hydrogens (primary N) is 1. The Bertz CT molecular complexity index is 1440. The predicted octanol–water partition coefficient (Wildman–Crippen LogP) is 4.31. The van der Waals surface area contributed by atoms with Crippen LogP contribution in [-0.2, 0) is 24.2 Å². The standard InChI is InChI=1S/C34H49ClN8O3S/c1-3-24-19-23(20-27(35)31(24)36)21-29(32(44)41-12-5-25(6-13-41)40-11-4-10-39(2)16-17-40)38-33(45)42-14-7-26(8-15-42)43-22-30-28(9-18-47-30)37-34(43)46/h9,18-20,25-26,29H,3-8,10-17,21-22,36H2,1-2H3,(H,37,46)(H,38,45)/t29-/m1/s1. The molecule has 1 aromatic carbocycles. The summed E-state index contributed by atoms with van der Waals surface area (Å²) in [5.41, 5.74) is 9.49. The second-order valence-electron chi connectivity index (χ2n) is 13.5. The summed E-state index contributed by atoms with van der Waals surface area (Å²) in [4.78, 5) is 52.4. The quantitative estimate of drug-likeness (QED) is 0.375. The normalized spacial score (nSPS) is 21.3. The third-order valence-corrected chi connectivity index (χ3v) is 11.7. The van der Waals surface area contributed by atoms with Crippen molar-refractivity contribution in [2.75, 3.05) is 70.5 Å². The van der Waals surface area contributed by atoms with Gasteiger partial charge in [-0.05, 0) is 87.3 Å². The highest BCUT2D eigenvalue weighted by atomic mass is 35.5. The number of urea groups is 2. The lowest BCUT2D eigenvalue weighted by Gasteiger charge is -2.41. The van der Waals surface area contributed by atoms with E-state index in [0.717, 1.165) is 67.1 Å². The van der Waals surface area contributed by atoms with E-state index in [1.807, 2.05) is 40.3 Å². The van der Waals surface area contributed by atoms with Crippen molar-refractivity contribution in [2.45, 2.75) is 76.5 Å². The molecule has 4 aliphatic heterocycles. The van der Waals surface area contributed by atoms with E-state index in [9.17, 15) is 14.4 Å². The monoisotopic (exact) mass is 684 g/mol. The van der Waals surface area contributed by atoms with Crippen LogP contribution in [-0.4, -0.2) is 120 Å². The summed E-state index contributed by atoms with van der Waals surface area (Å²) in [5, 5.41) is 8.58. The van der Waals surface area contributed by atoms with E-state index in [2.05, 4.69) is 27.5 Å². The maximum Gasteiger partial charge on any atom is 0.322 e. The van der Waals surface area contributed by atoms with Gasteiger partial charge in [0.25, 0.3) is 0 Å². The van der Waals surface area contributed by atoms with Gasteiger partial charge in [0.15, 0.2) is 0 Å². The van der Waals surface area contributed by atoms with Crippen molar-refractivity contribution >= 4 is 52.3 Å². The number of aryl methyl sites for hydroxylation is 1. The Labute approximate surface area is 287 Å². The zero-order valence-corrected chi connectivity index (χ0v) is 29.3. The van der Waals surface area contributed by atoms with Crippen molar-refractivity contribution < 1.29 is 14.4 Å². The number of likely N-dealkylation sites (N-methyl/N-ethyl adjacent to an activating group) is 1. The van der Waals surface area contributed by atoms with Gasteiger partial charge in [-0.3, -0.25) is 9.69 Å². The Hall–Kier alpha value is -3.06. The number of hydrogen-bond acceptors (Lipinski definition) is 7. The Morgan fingerprint density at radius 2 is 1.74 bits per heavy atom. The van der Waals surface area contributed by atoms with E-state index >= 15 is 0 Å². The number of nitrogens with one attached hydrogen (secondary N) is 2. The zero-order chi connectivity index (χ0) is 33.1. The van der Waals surface area contributed by atoms with Crippen molar-refractivity contribution in [3.05, 3.63) is 44.6 Å². The number of likely N-dealkylation sites (tertiary alicyclic amines) is 2. The molecule has 3 saturated heterocycles. The van der Waals surface area contributed by atoms with Crippen LogP contribution in [0, 0.1) is 0 Å². The number of halogens is 1. The van der Waals surface area contributed by atoms with Crippen LogP contribution < -0.4 is 16.4 Å². The highest BCUT2D eigenvalue weighted by molar-refractivity contribution is 7.10. The topological polar surface area (TPSA) is 117 Å². The van der Waals surface area contributed by atoms with E-state index in [-0.39, 0.29) is 24.0 Å². The van der Waals surface area contributed by atoms with Crippen LogP contribution in [0.4, 0.5) is 21.0 Å². The first-order valence-corrected chi connectivity index (χ1v) is 18.4. The zero-order valence-electron chi connectivity index (χ0n) is 27.7. The molecule has 0 unspecified atom stereocenters. The van der Waals surface area contributed by atoms with Gasteiger partial charge in [-0.25, -0.2) is 9.59 Å². The number of carbonyl (C=O) groups excluding carboxylic acids is 3. The first-order chi connectivity index (χ1) is 22.7. The van der Waals surface area contributed by atoms with Crippen LogP contribution in [0.3, 0.4) is 0 Å². The smallest absolute Gasteiger partial charge is 0.322 e. The van der Waals surface area contributed by atoms with Gasteiger partial charge < -0.3 is 36.0 Å². The number of nitrogen functional groups attached to an aromatic ring is 1. The average molecular weight is 685 g/mol. The summed E-state index contributed by atoms with van der Waals surface area (Å²) in [6.45, 7) is 9.40. The molecule has 2 aromatic rings. The number of carbonyl (C=O) groups is 3. The van der Waals surface area contributed by atoms with Gasteiger partial charge in [-0.1, -0.05) is 24.6 Å². The summed E-state index contributed by atoms with van der Waals surface area (Å²) in [6, 6.07) is 5.26. The Morgan fingerprint density at radius 3 is 2.49 bits per heavy atom. The molecule has 11 nitrogen and oxygen atoms in total. The first-order valence-electron chi connectivity index (χ1n) is 17.2. The molecule has 0 aliphatic carbocycles. The van der Waals surface area contributed by atoms with Gasteiger partial charge in [0.1, 0.15) is 6.04 Å². The van der Waals surface area contributed by atoms with Crippen LogP contribution in [0.25, 0.3) is 0 Å². The van der Waals surface area contributed by atoms with Gasteiger partial charge in [-0.15, -0.1) is 11.3 Å². The average Bonchev–Trinajstić information content (AvgIpc) is 3.42. The number of nitrogens with zero attached hydrogens (tertiary/aromatic N) is 5.